The fourth-order valence-corrected chi connectivity index (χ4v) is 1.10. The molecule has 11 heavy (non-hydrogen) atoms. The molecule has 0 aromatic rings. The smallest absolute Gasteiger partial charge is 0.423 e. The summed E-state index contributed by atoms with van der Waals surface area (Å²) in [6, 6.07) is 0. The van der Waals surface area contributed by atoms with Gasteiger partial charge < -0.3 is 20.3 Å². The average molecular weight is 158 g/mol. The van der Waals surface area contributed by atoms with Crippen LogP contribution in [0.1, 0.15) is 12.8 Å². The number of rotatable bonds is 1. The maximum atomic E-state index is 9.08. The minimum Gasteiger partial charge on any atom is -0.423 e. The Morgan fingerprint density at radius 1 is 1.27 bits per heavy atom. The molecule has 5 heteroatoms. The lowest BCUT2D eigenvalue weighted by Crippen LogP contribution is -2.32. The first kappa shape index (κ1) is 8.74. The van der Waals surface area contributed by atoms with E-state index in [2.05, 4.69) is 0 Å². The topological polar surface area (TPSA) is 80.9 Å². The summed E-state index contributed by atoms with van der Waals surface area (Å²) in [7, 11) is -1.50. The molecule has 0 saturated carbocycles. The molecular weight excluding hydrogens is 147 g/mol. The monoisotopic (exact) mass is 158 g/mol. The fourth-order valence-electron chi connectivity index (χ4n) is 1.10. The maximum Gasteiger partial charge on any atom is 0.483 e. The number of aliphatic hydroxyl groups excluding tert-OH is 2. The van der Waals surface area contributed by atoms with E-state index in [-0.39, 0.29) is 12.8 Å². The molecule has 0 fully saturated rings. The van der Waals surface area contributed by atoms with E-state index in [1.807, 2.05) is 0 Å². The lowest BCUT2D eigenvalue weighted by molar-refractivity contribution is 0.0175. The van der Waals surface area contributed by atoms with Gasteiger partial charge in [-0.3, -0.25) is 0 Å². The lowest BCUT2D eigenvalue weighted by atomic mass is 9.72. The SMILES string of the molecule is OB(O)C1=CCC(O)C(O)C1. The molecule has 2 atom stereocenters. The predicted molar refractivity (Wildman–Crippen MR) is 39.5 cm³/mol. The van der Waals surface area contributed by atoms with E-state index in [9.17, 15) is 0 Å². The van der Waals surface area contributed by atoms with Crippen LogP contribution in [-0.2, 0) is 0 Å². The largest absolute Gasteiger partial charge is 0.483 e. The molecule has 0 bridgehead atoms. The zero-order valence-electron chi connectivity index (χ0n) is 6.01. The maximum absolute atomic E-state index is 9.08. The quantitative estimate of drug-likeness (QED) is 0.348. The molecule has 0 amide bonds. The highest BCUT2D eigenvalue weighted by molar-refractivity contribution is 6.50. The molecule has 0 heterocycles. The molecule has 2 unspecified atom stereocenters. The highest BCUT2D eigenvalue weighted by Gasteiger charge is 2.26. The second-order valence-corrected chi connectivity index (χ2v) is 2.73. The highest BCUT2D eigenvalue weighted by Crippen LogP contribution is 2.18. The van der Waals surface area contributed by atoms with Gasteiger partial charge in [0.1, 0.15) is 0 Å². The third-order valence-corrected chi connectivity index (χ3v) is 1.84. The molecule has 1 rings (SSSR count). The Morgan fingerprint density at radius 3 is 2.36 bits per heavy atom. The van der Waals surface area contributed by atoms with E-state index in [4.69, 9.17) is 20.3 Å². The first-order valence-corrected chi connectivity index (χ1v) is 3.52. The van der Waals surface area contributed by atoms with E-state index in [1.165, 1.54) is 0 Å². The van der Waals surface area contributed by atoms with Crippen LogP contribution in [0.3, 0.4) is 0 Å². The molecule has 0 aliphatic heterocycles. The van der Waals surface area contributed by atoms with Gasteiger partial charge in [0.2, 0.25) is 0 Å². The van der Waals surface area contributed by atoms with Crippen LogP contribution >= 0.6 is 0 Å². The van der Waals surface area contributed by atoms with E-state index in [1.54, 1.807) is 6.08 Å². The van der Waals surface area contributed by atoms with Gasteiger partial charge in [-0.25, -0.2) is 0 Å². The van der Waals surface area contributed by atoms with Crippen LogP contribution in [-0.4, -0.2) is 39.6 Å². The summed E-state index contributed by atoms with van der Waals surface area (Å²) >= 11 is 0. The van der Waals surface area contributed by atoms with Crippen LogP contribution in [0.5, 0.6) is 0 Å². The molecule has 1 aliphatic carbocycles. The molecule has 0 aromatic heterocycles. The van der Waals surface area contributed by atoms with Gasteiger partial charge in [-0.15, -0.1) is 0 Å². The molecule has 1 aliphatic rings. The number of hydrogen-bond acceptors (Lipinski definition) is 4. The molecule has 0 radical (unpaired) electrons. The van der Waals surface area contributed by atoms with Gasteiger partial charge in [0.05, 0.1) is 12.2 Å². The molecule has 62 valence electrons. The lowest BCUT2D eigenvalue weighted by Gasteiger charge is -2.22. The van der Waals surface area contributed by atoms with E-state index in [0.717, 1.165) is 0 Å². The van der Waals surface area contributed by atoms with Crippen molar-refractivity contribution >= 4 is 7.12 Å². The van der Waals surface area contributed by atoms with Gasteiger partial charge in [0, 0.05) is 0 Å². The summed E-state index contributed by atoms with van der Waals surface area (Å²) in [5, 5.41) is 35.5. The second kappa shape index (κ2) is 3.36. The Morgan fingerprint density at radius 2 is 1.91 bits per heavy atom. The molecule has 0 aromatic carbocycles. The third kappa shape index (κ3) is 2.03. The van der Waals surface area contributed by atoms with Gasteiger partial charge in [0.15, 0.2) is 0 Å². The van der Waals surface area contributed by atoms with Crippen LogP contribution in [0.2, 0.25) is 0 Å². The standard InChI is InChI=1S/C6H11BO4/c8-5-2-1-4(7(10)11)3-6(5)9/h1,5-6,8-11H,2-3H2. The summed E-state index contributed by atoms with van der Waals surface area (Å²) in [5.74, 6) is 0. The summed E-state index contributed by atoms with van der Waals surface area (Å²) in [5.41, 5.74) is 0.378. The van der Waals surface area contributed by atoms with Crippen LogP contribution in [0, 0.1) is 0 Å². The van der Waals surface area contributed by atoms with E-state index < -0.39 is 19.3 Å². The summed E-state index contributed by atoms with van der Waals surface area (Å²) in [6.45, 7) is 0. The van der Waals surface area contributed by atoms with E-state index >= 15 is 0 Å². The predicted octanol–water partition coefficient (Wildman–Crippen LogP) is -1.56. The Bertz CT molecular complexity index is 168. The van der Waals surface area contributed by atoms with Gasteiger partial charge in [-0.1, -0.05) is 6.08 Å². The number of aliphatic hydroxyl groups is 2. The third-order valence-electron chi connectivity index (χ3n) is 1.84. The Balaban J connectivity index is 2.59. The molecule has 4 nitrogen and oxygen atoms in total. The van der Waals surface area contributed by atoms with Crippen molar-refractivity contribution in [3.05, 3.63) is 11.5 Å². The first-order valence-electron chi connectivity index (χ1n) is 3.52. The summed E-state index contributed by atoms with van der Waals surface area (Å²) in [6.07, 6.45) is 0.337. The highest BCUT2D eigenvalue weighted by atomic mass is 16.4. The molecule has 0 spiro atoms. The van der Waals surface area contributed by atoms with Crippen LogP contribution < -0.4 is 0 Å². The van der Waals surface area contributed by atoms with Crippen LogP contribution in [0.15, 0.2) is 11.5 Å². The first-order chi connectivity index (χ1) is 5.11. The normalized spacial score (nSPS) is 31.5. The summed E-state index contributed by atoms with van der Waals surface area (Å²) in [4.78, 5) is 0. The number of hydrogen-bond donors (Lipinski definition) is 4. The van der Waals surface area contributed by atoms with E-state index in [0.29, 0.717) is 5.47 Å². The zero-order valence-corrected chi connectivity index (χ0v) is 6.01. The van der Waals surface area contributed by atoms with Gasteiger partial charge in [-0.2, -0.15) is 0 Å². The Labute approximate surface area is 64.9 Å². The minimum atomic E-state index is -1.50. The Kier molecular flexibility index (Phi) is 2.67. The van der Waals surface area contributed by atoms with Crippen molar-refractivity contribution < 1.29 is 20.3 Å². The molecular formula is C6H11BO4. The van der Waals surface area contributed by atoms with Crippen molar-refractivity contribution in [1.82, 2.24) is 0 Å². The van der Waals surface area contributed by atoms with Crippen molar-refractivity contribution in [1.29, 1.82) is 0 Å². The fraction of sp³-hybridized carbons (Fsp3) is 0.667. The van der Waals surface area contributed by atoms with Gasteiger partial charge >= 0.3 is 7.12 Å². The van der Waals surface area contributed by atoms with Crippen molar-refractivity contribution in [2.75, 3.05) is 0 Å². The van der Waals surface area contributed by atoms with Gasteiger partial charge in [0.25, 0.3) is 0 Å². The second-order valence-electron chi connectivity index (χ2n) is 2.73. The minimum absolute atomic E-state index is 0.138. The van der Waals surface area contributed by atoms with Crippen LogP contribution in [0.25, 0.3) is 0 Å². The van der Waals surface area contributed by atoms with Crippen molar-refractivity contribution in [3.8, 4) is 0 Å². The van der Waals surface area contributed by atoms with Crippen molar-refractivity contribution in [2.45, 2.75) is 25.0 Å². The van der Waals surface area contributed by atoms with Crippen molar-refractivity contribution in [3.63, 3.8) is 0 Å². The zero-order chi connectivity index (χ0) is 8.43. The molecule has 0 saturated heterocycles. The average Bonchev–Trinajstić information content (AvgIpc) is 1.94. The molecule has 4 N–H and O–H groups in total. The Hall–Kier alpha value is -0.355. The summed E-state index contributed by atoms with van der Waals surface area (Å²) < 4.78 is 0. The van der Waals surface area contributed by atoms with Gasteiger partial charge in [-0.05, 0) is 18.3 Å². The van der Waals surface area contributed by atoms with Crippen LogP contribution in [0.4, 0.5) is 0 Å². The van der Waals surface area contributed by atoms with Crippen molar-refractivity contribution in [2.24, 2.45) is 0 Å².